The molecule has 0 unspecified atom stereocenters. The van der Waals surface area contributed by atoms with Crippen LogP contribution in [0.15, 0.2) is 35.0 Å². The van der Waals surface area contributed by atoms with Crippen molar-refractivity contribution in [3.05, 3.63) is 56.2 Å². The van der Waals surface area contributed by atoms with E-state index in [1.54, 1.807) is 11.3 Å². The van der Waals surface area contributed by atoms with Gasteiger partial charge in [0.15, 0.2) is 0 Å². The van der Waals surface area contributed by atoms with Gasteiger partial charge >= 0.3 is 0 Å². The summed E-state index contributed by atoms with van der Waals surface area (Å²) in [6.07, 6.45) is 0.956. The summed E-state index contributed by atoms with van der Waals surface area (Å²) >= 11 is 14.1. The van der Waals surface area contributed by atoms with Crippen molar-refractivity contribution < 1.29 is 4.79 Å². The second-order valence-corrected chi connectivity index (χ2v) is 7.23. The molecule has 3 rings (SSSR count). The van der Waals surface area contributed by atoms with Crippen molar-refractivity contribution in [1.82, 2.24) is 9.80 Å². The van der Waals surface area contributed by atoms with Crippen LogP contribution >= 0.6 is 34.5 Å². The van der Waals surface area contributed by atoms with Crippen LogP contribution in [0.1, 0.15) is 22.3 Å². The molecular formula is C17H18Cl2N2OS. The Labute approximate surface area is 150 Å². The second kappa shape index (κ2) is 7.67. The molecule has 23 heavy (non-hydrogen) atoms. The first-order chi connectivity index (χ1) is 11.1. The average Bonchev–Trinajstić information content (AvgIpc) is 2.97. The SMILES string of the molecule is O=C(c1ccsc1)N1CCCN(Cc2c(Cl)cccc2Cl)CC1. The first kappa shape index (κ1) is 16.8. The van der Waals surface area contributed by atoms with Gasteiger partial charge in [0.05, 0.1) is 5.56 Å². The van der Waals surface area contributed by atoms with Gasteiger partial charge in [-0.05, 0) is 30.0 Å². The van der Waals surface area contributed by atoms with E-state index in [0.717, 1.165) is 50.3 Å². The lowest BCUT2D eigenvalue weighted by atomic mass is 10.2. The summed E-state index contributed by atoms with van der Waals surface area (Å²) in [6, 6.07) is 7.48. The van der Waals surface area contributed by atoms with E-state index in [4.69, 9.17) is 23.2 Å². The van der Waals surface area contributed by atoms with Crippen LogP contribution in [-0.4, -0.2) is 41.9 Å². The van der Waals surface area contributed by atoms with Gasteiger partial charge in [0.25, 0.3) is 5.91 Å². The van der Waals surface area contributed by atoms with Crippen molar-refractivity contribution in [3.8, 4) is 0 Å². The zero-order valence-electron chi connectivity index (χ0n) is 12.7. The van der Waals surface area contributed by atoms with Crippen molar-refractivity contribution in [2.75, 3.05) is 26.2 Å². The first-order valence-corrected chi connectivity index (χ1v) is 9.32. The van der Waals surface area contributed by atoms with Crippen LogP contribution < -0.4 is 0 Å². The standard InChI is InChI=1S/C17H18Cl2N2OS/c18-15-3-1-4-16(19)14(15)11-20-6-2-7-21(9-8-20)17(22)13-5-10-23-12-13/h1,3-5,10,12H,2,6-9,11H2. The molecule has 2 aromatic rings. The molecule has 122 valence electrons. The predicted octanol–water partition coefficient (Wildman–Crippen LogP) is 4.40. The molecule has 0 atom stereocenters. The van der Waals surface area contributed by atoms with Gasteiger partial charge < -0.3 is 4.90 Å². The van der Waals surface area contributed by atoms with Gasteiger partial charge in [-0.3, -0.25) is 9.69 Å². The summed E-state index contributed by atoms with van der Waals surface area (Å²) < 4.78 is 0. The Hall–Kier alpha value is -1.07. The molecule has 0 aliphatic carbocycles. The fourth-order valence-electron chi connectivity index (χ4n) is 2.81. The number of benzene rings is 1. The summed E-state index contributed by atoms with van der Waals surface area (Å²) in [5.41, 5.74) is 1.76. The van der Waals surface area contributed by atoms with Crippen LogP contribution in [0, 0.1) is 0 Å². The van der Waals surface area contributed by atoms with Gasteiger partial charge in [-0.25, -0.2) is 0 Å². The number of nitrogens with zero attached hydrogens (tertiary/aromatic N) is 2. The molecule has 1 fully saturated rings. The highest BCUT2D eigenvalue weighted by Gasteiger charge is 2.21. The van der Waals surface area contributed by atoms with Crippen LogP contribution in [0.25, 0.3) is 0 Å². The summed E-state index contributed by atoms with van der Waals surface area (Å²) in [5.74, 6) is 0.129. The van der Waals surface area contributed by atoms with E-state index in [0.29, 0.717) is 10.0 Å². The normalized spacial score (nSPS) is 16.3. The minimum atomic E-state index is 0.129. The van der Waals surface area contributed by atoms with E-state index in [9.17, 15) is 4.79 Å². The van der Waals surface area contributed by atoms with E-state index >= 15 is 0 Å². The number of rotatable bonds is 3. The molecule has 3 nitrogen and oxygen atoms in total. The maximum Gasteiger partial charge on any atom is 0.254 e. The number of carbonyl (C=O) groups is 1. The zero-order valence-corrected chi connectivity index (χ0v) is 15.0. The molecule has 0 N–H and O–H groups in total. The summed E-state index contributed by atoms with van der Waals surface area (Å²) in [5, 5.41) is 5.26. The number of hydrogen-bond donors (Lipinski definition) is 0. The van der Waals surface area contributed by atoms with Crippen LogP contribution in [0.4, 0.5) is 0 Å². The molecule has 6 heteroatoms. The lowest BCUT2D eigenvalue weighted by Crippen LogP contribution is -2.34. The lowest BCUT2D eigenvalue weighted by molar-refractivity contribution is 0.0761. The largest absolute Gasteiger partial charge is 0.337 e. The molecular weight excluding hydrogens is 351 g/mol. The molecule has 1 aromatic carbocycles. The Kier molecular flexibility index (Phi) is 5.59. The third-order valence-electron chi connectivity index (χ3n) is 4.09. The van der Waals surface area contributed by atoms with Crippen LogP contribution in [-0.2, 0) is 6.54 Å². The highest BCUT2D eigenvalue weighted by molar-refractivity contribution is 7.08. The highest BCUT2D eigenvalue weighted by Crippen LogP contribution is 2.26. The number of halogens is 2. The number of thiophene rings is 1. The molecule has 0 bridgehead atoms. The maximum atomic E-state index is 12.5. The zero-order chi connectivity index (χ0) is 16.2. The van der Waals surface area contributed by atoms with Crippen LogP contribution in [0.3, 0.4) is 0 Å². The first-order valence-electron chi connectivity index (χ1n) is 7.62. The minimum absolute atomic E-state index is 0.129. The molecule has 1 amide bonds. The Morgan fingerprint density at radius 3 is 2.57 bits per heavy atom. The molecule has 1 aliphatic rings. The molecule has 1 aromatic heterocycles. The van der Waals surface area contributed by atoms with Gasteiger partial charge in [-0.1, -0.05) is 29.3 Å². The van der Waals surface area contributed by atoms with E-state index in [-0.39, 0.29) is 5.91 Å². The van der Waals surface area contributed by atoms with E-state index in [1.165, 1.54) is 0 Å². The Morgan fingerprint density at radius 1 is 1.09 bits per heavy atom. The van der Waals surface area contributed by atoms with Crippen molar-refractivity contribution in [2.45, 2.75) is 13.0 Å². The van der Waals surface area contributed by atoms with Crippen molar-refractivity contribution in [3.63, 3.8) is 0 Å². The maximum absolute atomic E-state index is 12.5. The lowest BCUT2D eigenvalue weighted by Gasteiger charge is -2.22. The van der Waals surface area contributed by atoms with Gasteiger partial charge in [0.2, 0.25) is 0 Å². The van der Waals surface area contributed by atoms with E-state index in [2.05, 4.69) is 4.90 Å². The van der Waals surface area contributed by atoms with Crippen molar-refractivity contribution in [1.29, 1.82) is 0 Å². The molecule has 2 heterocycles. The van der Waals surface area contributed by atoms with Gasteiger partial charge in [0.1, 0.15) is 0 Å². The predicted molar refractivity (Wildman–Crippen MR) is 96.6 cm³/mol. The van der Waals surface area contributed by atoms with Crippen molar-refractivity contribution in [2.24, 2.45) is 0 Å². The number of carbonyl (C=O) groups excluding carboxylic acids is 1. The number of amides is 1. The second-order valence-electron chi connectivity index (χ2n) is 5.63. The third kappa shape index (κ3) is 4.07. The Bertz CT molecular complexity index is 655. The van der Waals surface area contributed by atoms with Crippen LogP contribution in [0.5, 0.6) is 0 Å². The number of hydrogen-bond acceptors (Lipinski definition) is 3. The van der Waals surface area contributed by atoms with E-state index in [1.807, 2.05) is 39.9 Å². The summed E-state index contributed by atoms with van der Waals surface area (Å²) in [6.45, 7) is 4.02. The fourth-order valence-corrected chi connectivity index (χ4v) is 3.95. The molecule has 1 saturated heterocycles. The van der Waals surface area contributed by atoms with Crippen LogP contribution in [0.2, 0.25) is 10.0 Å². The Balaban J connectivity index is 1.64. The molecule has 1 aliphatic heterocycles. The topological polar surface area (TPSA) is 23.6 Å². The average molecular weight is 369 g/mol. The molecule has 0 radical (unpaired) electrons. The summed E-state index contributed by atoms with van der Waals surface area (Å²) in [4.78, 5) is 16.7. The monoisotopic (exact) mass is 368 g/mol. The minimum Gasteiger partial charge on any atom is -0.337 e. The van der Waals surface area contributed by atoms with Gasteiger partial charge in [-0.15, -0.1) is 0 Å². The third-order valence-corrected chi connectivity index (χ3v) is 5.48. The fraction of sp³-hybridized carbons (Fsp3) is 0.353. The molecule has 0 saturated carbocycles. The Morgan fingerprint density at radius 2 is 1.87 bits per heavy atom. The van der Waals surface area contributed by atoms with Gasteiger partial charge in [-0.2, -0.15) is 11.3 Å². The molecule has 0 spiro atoms. The van der Waals surface area contributed by atoms with Gasteiger partial charge in [0, 0.05) is 53.7 Å². The summed E-state index contributed by atoms with van der Waals surface area (Å²) in [7, 11) is 0. The highest BCUT2D eigenvalue weighted by atomic mass is 35.5. The van der Waals surface area contributed by atoms with E-state index < -0.39 is 0 Å². The van der Waals surface area contributed by atoms with Crippen molar-refractivity contribution >= 4 is 40.4 Å². The quantitative estimate of drug-likeness (QED) is 0.801. The smallest absolute Gasteiger partial charge is 0.254 e.